The van der Waals surface area contributed by atoms with Crippen LogP contribution in [0.4, 0.5) is 0 Å². The second-order valence-electron chi connectivity index (χ2n) is 4.79. The van der Waals surface area contributed by atoms with Crippen LogP contribution in [0.25, 0.3) is 0 Å². The van der Waals surface area contributed by atoms with E-state index < -0.39 is 11.6 Å². The van der Waals surface area contributed by atoms with E-state index >= 15 is 0 Å². The molecule has 2 atom stereocenters. The second-order valence-corrected chi connectivity index (χ2v) is 4.79. The lowest BCUT2D eigenvalue weighted by atomic mass is 9.81. The van der Waals surface area contributed by atoms with E-state index in [-0.39, 0.29) is 5.92 Å². The van der Waals surface area contributed by atoms with Crippen LogP contribution in [0.3, 0.4) is 0 Å². The van der Waals surface area contributed by atoms with Gasteiger partial charge in [0.15, 0.2) is 5.60 Å². The van der Waals surface area contributed by atoms with Crippen LogP contribution in [0, 0.1) is 5.92 Å². The Morgan fingerprint density at radius 2 is 1.88 bits per heavy atom. The molecule has 0 saturated heterocycles. The lowest BCUT2D eigenvalue weighted by Gasteiger charge is -2.31. The van der Waals surface area contributed by atoms with Crippen LogP contribution in [-0.2, 0) is 9.53 Å². The molecule has 0 heterocycles. The average molecular weight is 244 g/mol. The normalized spacial score (nSPS) is 16.3. The number of aliphatic hydroxyl groups is 1. The molecule has 2 unspecified atom stereocenters. The Bertz CT molecular complexity index is 216. The van der Waals surface area contributed by atoms with Crippen LogP contribution in [0.5, 0.6) is 0 Å². The molecule has 3 nitrogen and oxygen atoms in total. The van der Waals surface area contributed by atoms with E-state index in [1.807, 2.05) is 13.8 Å². The molecule has 3 heteroatoms. The summed E-state index contributed by atoms with van der Waals surface area (Å²) in [6, 6.07) is 0. The van der Waals surface area contributed by atoms with E-state index in [1.165, 1.54) is 0 Å². The molecule has 1 N–H and O–H groups in total. The third kappa shape index (κ3) is 5.07. The quantitative estimate of drug-likeness (QED) is 0.500. The van der Waals surface area contributed by atoms with Crippen LogP contribution < -0.4 is 0 Å². The van der Waals surface area contributed by atoms with Gasteiger partial charge in [0.05, 0.1) is 6.61 Å². The standard InChI is InChI=1S/C14H28O3/c1-5-8-9-10-12(4)14(16,11-6-2)13(15)17-7-3/h12,16H,5-11H2,1-4H3. The van der Waals surface area contributed by atoms with Crippen molar-refractivity contribution in [1.29, 1.82) is 0 Å². The first-order valence-electron chi connectivity index (χ1n) is 6.92. The smallest absolute Gasteiger partial charge is 0.338 e. The molecule has 17 heavy (non-hydrogen) atoms. The SMILES string of the molecule is CCCCCC(C)C(O)(CCC)C(=O)OCC. The average Bonchev–Trinajstić information content (AvgIpc) is 2.29. The van der Waals surface area contributed by atoms with Gasteiger partial charge < -0.3 is 9.84 Å². The first-order chi connectivity index (χ1) is 8.02. The van der Waals surface area contributed by atoms with E-state index in [1.54, 1.807) is 6.92 Å². The number of rotatable bonds is 9. The van der Waals surface area contributed by atoms with Gasteiger partial charge in [0.25, 0.3) is 0 Å². The van der Waals surface area contributed by atoms with Crippen LogP contribution in [0.1, 0.15) is 66.2 Å². The molecule has 0 aliphatic carbocycles. The monoisotopic (exact) mass is 244 g/mol. The predicted octanol–water partition coefficient (Wildman–Crippen LogP) is 3.30. The van der Waals surface area contributed by atoms with Gasteiger partial charge in [0.1, 0.15) is 0 Å². The molecule has 0 aromatic heterocycles. The highest BCUT2D eigenvalue weighted by molar-refractivity contribution is 5.79. The second kappa shape index (κ2) is 8.51. The minimum Gasteiger partial charge on any atom is -0.464 e. The molecule has 0 fully saturated rings. The molecule has 0 rings (SSSR count). The highest BCUT2D eigenvalue weighted by Crippen LogP contribution is 2.29. The fourth-order valence-electron chi connectivity index (χ4n) is 2.13. The van der Waals surface area contributed by atoms with Gasteiger partial charge >= 0.3 is 5.97 Å². The van der Waals surface area contributed by atoms with E-state index in [2.05, 4.69) is 6.92 Å². The maximum Gasteiger partial charge on any atom is 0.338 e. The van der Waals surface area contributed by atoms with Gasteiger partial charge in [0.2, 0.25) is 0 Å². The van der Waals surface area contributed by atoms with Gasteiger partial charge in [-0.2, -0.15) is 0 Å². The number of hydrogen-bond acceptors (Lipinski definition) is 3. The lowest BCUT2D eigenvalue weighted by molar-refractivity contribution is -0.172. The summed E-state index contributed by atoms with van der Waals surface area (Å²) in [4.78, 5) is 11.9. The molecule has 0 bridgehead atoms. The molecule has 0 amide bonds. The topological polar surface area (TPSA) is 46.5 Å². The fraction of sp³-hybridized carbons (Fsp3) is 0.929. The largest absolute Gasteiger partial charge is 0.464 e. The molecular weight excluding hydrogens is 216 g/mol. The van der Waals surface area contributed by atoms with Gasteiger partial charge in [0, 0.05) is 0 Å². The third-order valence-electron chi connectivity index (χ3n) is 3.32. The summed E-state index contributed by atoms with van der Waals surface area (Å²) in [6.45, 7) is 8.16. The summed E-state index contributed by atoms with van der Waals surface area (Å²) in [6.07, 6.45) is 5.51. The zero-order valence-corrected chi connectivity index (χ0v) is 11.8. The number of carbonyl (C=O) groups excluding carboxylic acids is 1. The number of ether oxygens (including phenoxy) is 1. The van der Waals surface area contributed by atoms with E-state index in [4.69, 9.17) is 4.74 Å². The molecule has 0 aromatic carbocycles. The zero-order chi connectivity index (χ0) is 13.3. The Morgan fingerprint density at radius 1 is 1.24 bits per heavy atom. The Labute approximate surface area is 106 Å². The minimum absolute atomic E-state index is 0.0342. The Kier molecular flexibility index (Phi) is 8.23. The molecule has 0 saturated carbocycles. The van der Waals surface area contributed by atoms with Gasteiger partial charge in [-0.05, 0) is 25.7 Å². The minimum atomic E-state index is -1.29. The summed E-state index contributed by atoms with van der Waals surface area (Å²) in [5.41, 5.74) is -1.29. The van der Waals surface area contributed by atoms with Crippen molar-refractivity contribution in [2.24, 2.45) is 5.92 Å². The summed E-state index contributed by atoms with van der Waals surface area (Å²) < 4.78 is 5.00. The van der Waals surface area contributed by atoms with Crippen molar-refractivity contribution in [2.75, 3.05) is 6.61 Å². The third-order valence-corrected chi connectivity index (χ3v) is 3.32. The van der Waals surface area contributed by atoms with Crippen molar-refractivity contribution in [3.05, 3.63) is 0 Å². The fourth-order valence-corrected chi connectivity index (χ4v) is 2.13. The first-order valence-corrected chi connectivity index (χ1v) is 6.92. The maximum absolute atomic E-state index is 11.9. The molecule has 0 aromatic rings. The molecule has 0 aliphatic rings. The maximum atomic E-state index is 11.9. The Balaban J connectivity index is 4.50. The van der Waals surface area contributed by atoms with Gasteiger partial charge in [-0.1, -0.05) is 46.5 Å². The summed E-state index contributed by atoms with van der Waals surface area (Å²) >= 11 is 0. The predicted molar refractivity (Wildman–Crippen MR) is 69.8 cm³/mol. The number of hydrogen-bond donors (Lipinski definition) is 1. The van der Waals surface area contributed by atoms with E-state index in [0.717, 1.165) is 32.1 Å². The van der Waals surface area contributed by atoms with Gasteiger partial charge in [-0.15, -0.1) is 0 Å². The molecule has 0 spiro atoms. The van der Waals surface area contributed by atoms with Crippen molar-refractivity contribution in [3.63, 3.8) is 0 Å². The van der Waals surface area contributed by atoms with Crippen molar-refractivity contribution in [1.82, 2.24) is 0 Å². The molecule has 0 aliphatic heterocycles. The Hall–Kier alpha value is -0.570. The van der Waals surface area contributed by atoms with Crippen molar-refractivity contribution in [3.8, 4) is 0 Å². The summed E-state index contributed by atoms with van der Waals surface area (Å²) in [5, 5.41) is 10.5. The van der Waals surface area contributed by atoms with Crippen molar-refractivity contribution < 1.29 is 14.6 Å². The molecule has 0 radical (unpaired) electrons. The van der Waals surface area contributed by atoms with Crippen LogP contribution >= 0.6 is 0 Å². The van der Waals surface area contributed by atoms with E-state index in [0.29, 0.717) is 13.0 Å². The number of esters is 1. The summed E-state index contributed by atoms with van der Waals surface area (Å²) in [7, 11) is 0. The van der Waals surface area contributed by atoms with Crippen LogP contribution in [0.2, 0.25) is 0 Å². The van der Waals surface area contributed by atoms with E-state index in [9.17, 15) is 9.90 Å². The van der Waals surface area contributed by atoms with Crippen LogP contribution in [0.15, 0.2) is 0 Å². The Morgan fingerprint density at radius 3 is 2.35 bits per heavy atom. The highest BCUT2D eigenvalue weighted by atomic mass is 16.5. The lowest BCUT2D eigenvalue weighted by Crippen LogP contribution is -2.46. The number of unbranched alkanes of at least 4 members (excludes halogenated alkanes) is 2. The first kappa shape index (κ1) is 16.4. The summed E-state index contributed by atoms with van der Waals surface area (Å²) in [5.74, 6) is -0.487. The van der Waals surface area contributed by atoms with Gasteiger partial charge in [-0.3, -0.25) is 0 Å². The number of carbonyl (C=O) groups is 1. The molecule has 102 valence electrons. The zero-order valence-electron chi connectivity index (χ0n) is 11.8. The van der Waals surface area contributed by atoms with Gasteiger partial charge in [-0.25, -0.2) is 4.79 Å². The van der Waals surface area contributed by atoms with Crippen molar-refractivity contribution in [2.45, 2.75) is 71.8 Å². The van der Waals surface area contributed by atoms with Crippen LogP contribution in [-0.4, -0.2) is 23.3 Å². The highest BCUT2D eigenvalue weighted by Gasteiger charge is 2.41. The molecular formula is C14H28O3. The van der Waals surface area contributed by atoms with Crippen molar-refractivity contribution >= 4 is 5.97 Å².